The summed E-state index contributed by atoms with van der Waals surface area (Å²) in [7, 11) is 0. The highest BCUT2D eigenvalue weighted by atomic mass is 16.6. The van der Waals surface area contributed by atoms with Gasteiger partial charge in [0.05, 0.1) is 5.60 Å². The van der Waals surface area contributed by atoms with Crippen LogP contribution in [0.25, 0.3) is 0 Å². The second-order valence-corrected chi connectivity index (χ2v) is 5.65. The van der Waals surface area contributed by atoms with Crippen molar-refractivity contribution in [3.63, 3.8) is 0 Å². The number of rotatable bonds is 5. The van der Waals surface area contributed by atoms with Crippen LogP contribution in [0.4, 0.5) is 5.69 Å². The lowest BCUT2D eigenvalue weighted by molar-refractivity contribution is -0.178. The van der Waals surface area contributed by atoms with Gasteiger partial charge in [0.2, 0.25) is 6.41 Å². The molecule has 0 spiro atoms. The van der Waals surface area contributed by atoms with E-state index in [0.717, 1.165) is 17.7 Å². The fourth-order valence-corrected chi connectivity index (χ4v) is 2.31. The van der Waals surface area contributed by atoms with Crippen molar-refractivity contribution in [3.05, 3.63) is 29.8 Å². The number of para-hydroxylation sites is 1. The molecule has 0 aromatic heterocycles. The van der Waals surface area contributed by atoms with Gasteiger partial charge in [-0.15, -0.1) is 0 Å². The first-order valence-electron chi connectivity index (χ1n) is 6.80. The zero-order valence-corrected chi connectivity index (χ0v) is 12.0. The average Bonchev–Trinajstić information content (AvgIpc) is 2.77. The molecule has 5 heteroatoms. The highest BCUT2D eigenvalue weighted by Crippen LogP contribution is 2.34. The molecule has 1 aliphatic heterocycles. The molecular weight excluding hydrogens is 258 g/mol. The van der Waals surface area contributed by atoms with Gasteiger partial charge in [0.25, 0.3) is 0 Å². The monoisotopic (exact) mass is 279 g/mol. The minimum atomic E-state index is -1.27. The smallest absolute Gasteiger partial charge is 0.326 e. The van der Waals surface area contributed by atoms with Crippen LogP contribution in [0.3, 0.4) is 0 Å². The number of carboxylic acids is 1. The predicted octanol–water partition coefficient (Wildman–Crippen LogP) is 1.98. The van der Waals surface area contributed by atoms with Crippen LogP contribution in [-0.4, -0.2) is 34.2 Å². The summed E-state index contributed by atoms with van der Waals surface area (Å²) in [6.07, 6.45) is -0.176. The molecule has 2 atom stereocenters. The van der Waals surface area contributed by atoms with Crippen molar-refractivity contribution < 1.29 is 19.7 Å². The molecule has 0 aliphatic carbocycles. The number of anilines is 1. The van der Waals surface area contributed by atoms with Gasteiger partial charge < -0.3 is 19.8 Å². The largest absolute Gasteiger partial charge is 0.480 e. The minimum Gasteiger partial charge on any atom is -0.480 e. The quantitative estimate of drug-likeness (QED) is 0.807. The predicted molar refractivity (Wildman–Crippen MR) is 75.5 cm³/mol. The van der Waals surface area contributed by atoms with Crippen molar-refractivity contribution in [3.8, 4) is 0 Å². The zero-order valence-electron chi connectivity index (χ0n) is 12.0. The molecule has 0 saturated carbocycles. The van der Waals surface area contributed by atoms with Crippen molar-refractivity contribution in [2.75, 3.05) is 4.90 Å². The lowest BCUT2D eigenvalue weighted by atomic mass is 10.1. The van der Waals surface area contributed by atoms with Gasteiger partial charge >= 0.3 is 5.97 Å². The van der Waals surface area contributed by atoms with E-state index in [4.69, 9.17) is 4.74 Å². The highest BCUT2D eigenvalue weighted by Gasteiger charge is 2.39. The molecule has 5 nitrogen and oxygen atoms in total. The Morgan fingerprint density at radius 1 is 1.50 bits per heavy atom. The van der Waals surface area contributed by atoms with E-state index in [-0.39, 0.29) is 0 Å². The summed E-state index contributed by atoms with van der Waals surface area (Å²) in [5.74, 6) is -0.960. The third kappa shape index (κ3) is 2.78. The second kappa shape index (κ2) is 5.42. The maximum Gasteiger partial charge on any atom is 0.326 e. The molecule has 0 bridgehead atoms. The molecule has 0 radical (unpaired) electrons. The standard InChI is InChI=1S/C15H21NO4/c1-4-15(2,3)20-14(19)16-11-8-6-5-7-10(11)9-12(16)13(17)18/h5-8,12,14,19H,4,9H2,1-3H3,(H,17,18). The first-order valence-corrected chi connectivity index (χ1v) is 6.80. The van der Waals surface area contributed by atoms with E-state index in [1.54, 1.807) is 0 Å². The van der Waals surface area contributed by atoms with Crippen LogP contribution >= 0.6 is 0 Å². The van der Waals surface area contributed by atoms with Crippen LogP contribution in [0, 0.1) is 0 Å². The summed E-state index contributed by atoms with van der Waals surface area (Å²) in [5.41, 5.74) is 1.12. The number of carboxylic acid groups (broad SMARTS) is 1. The first kappa shape index (κ1) is 14.8. The molecule has 1 aromatic rings. The SMILES string of the molecule is CCC(C)(C)OC(O)N1c2ccccc2CC1C(=O)O. The van der Waals surface area contributed by atoms with Crippen molar-refractivity contribution in [1.29, 1.82) is 0 Å². The topological polar surface area (TPSA) is 70.0 Å². The van der Waals surface area contributed by atoms with E-state index in [2.05, 4.69) is 0 Å². The van der Waals surface area contributed by atoms with Crippen LogP contribution in [0.15, 0.2) is 24.3 Å². The summed E-state index contributed by atoms with van der Waals surface area (Å²) in [6, 6.07) is 6.58. The van der Waals surface area contributed by atoms with Crippen LogP contribution in [0.1, 0.15) is 32.8 Å². The van der Waals surface area contributed by atoms with Crippen LogP contribution in [0.5, 0.6) is 0 Å². The van der Waals surface area contributed by atoms with E-state index in [1.165, 1.54) is 4.90 Å². The Labute approximate surface area is 118 Å². The summed E-state index contributed by atoms with van der Waals surface area (Å²) in [4.78, 5) is 12.9. The van der Waals surface area contributed by atoms with Gasteiger partial charge in [-0.1, -0.05) is 25.1 Å². The van der Waals surface area contributed by atoms with Crippen molar-refractivity contribution in [1.82, 2.24) is 0 Å². The number of aliphatic hydroxyl groups excluding tert-OH is 1. The highest BCUT2D eigenvalue weighted by molar-refractivity contribution is 5.82. The van der Waals surface area contributed by atoms with E-state index in [0.29, 0.717) is 6.42 Å². The van der Waals surface area contributed by atoms with Gasteiger partial charge in [0, 0.05) is 12.1 Å². The third-order valence-electron chi connectivity index (χ3n) is 3.82. The van der Waals surface area contributed by atoms with Gasteiger partial charge in [-0.3, -0.25) is 0 Å². The fraction of sp³-hybridized carbons (Fsp3) is 0.533. The van der Waals surface area contributed by atoms with Crippen molar-refractivity contribution in [2.24, 2.45) is 0 Å². The molecule has 0 saturated heterocycles. The maximum atomic E-state index is 11.4. The number of hydrogen-bond donors (Lipinski definition) is 2. The number of fused-ring (bicyclic) bond motifs is 1. The molecule has 2 rings (SSSR count). The van der Waals surface area contributed by atoms with Gasteiger partial charge in [-0.2, -0.15) is 0 Å². The fourth-order valence-electron chi connectivity index (χ4n) is 2.31. The minimum absolute atomic E-state index is 0.373. The number of aliphatic hydroxyl groups is 1. The Kier molecular flexibility index (Phi) is 4.01. The van der Waals surface area contributed by atoms with Gasteiger partial charge in [-0.05, 0) is 31.9 Å². The molecule has 110 valence electrons. The number of aliphatic carboxylic acids is 1. The molecule has 0 fully saturated rings. The van der Waals surface area contributed by atoms with E-state index < -0.39 is 24.0 Å². The number of hydrogen-bond acceptors (Lipinski definition) is 4. The maximum absolute atomic E-state index is 11.4. The molecule has 1 heterocycles. The molecule has 1 aromatic carbocycles. The van der Waals surface area contributed by atoms with E-state index in [1.807, 2.05) is 45.0 Å². The van der Waals surface area contributed by atoms with Crippen LogP contribution in [0.2, 0.25) is 0 Å². The molecular formula is C15H21NO4. The summed E-state index contributed by atoms with van der Waals surface area (Å²) >= 11 is 0. The van der Waals surface area contributed by atoms with Crippen molar-refractivity contribution >= 4 is 11.7 Å². The third-order valence-corrected chi connectivity index (χ3v) is 3.82. The Bertz CT molecular complexity index is 500. The van der Waals surface area contributed by atoms with Gasteiger partial charge in [0.15, 0.2) is 0 Å². The zero-order chi connectivity index (χ0) is 14.9. The summed E-state index contributed by atoms with van der Waals surface area (Å²) in [5, 5.41) is 19.7. The molecule has 2 unspecified atom stereocenters. The Morgan fingerprint density at radius 3 is 2.75 bits per heavy atom. The number of benzene rings is 1. The van der Waals surface area contributed by atoms with Crippen LogP contribution < -0.4 is 4.90 Å². The van der Waals surface area contributed by atoms with Gasteiger partial charge in [0.1, 0.15) is 6.04 Å². The van der Waals surface area contributed by atoms with E-state index in [9.17, 15) is 15.0 Å². The van der Waals surface area contributed by atoms with Crippen LogP contribution in [-0.2, 0) is 16.0 Å². The Morgan fingerprint density at radius 2 is 2.15 bits per heavy atom. The molecule has 0 amide bonds. The van der Waals surface area contributed by atoms with Gasteiger partial charge in [-0.25, -0.2) is 4.79 Å². The summed E-state index contributed by atoms with van der Waals surface area (Å²) < 4.78 is 5.63. The molecule has 20 heavy (non-hydrogen) atoms. The number of ether oxygens (including phenoxy) is 1. The second-order valence-electron chi connectivity index (χ2n) is 5.65. The van der Waals surface area contributed by atoms with E-state index >= 15 is 0 Å². The Balaban J connectivity index is 2.29. The first-order chi connectivity index (χ1) is 9.35. The average molecular weight is 279 g/mol. The summed E-state index contributed by atoms with van der Waals surface area (Å²) in [6.45, 7) is 5.70. The molecule has 2 N–H and O–H groups in total. The normalized spacial score (nSPS) is 19.8. The van der Waals surface area contributed by atoms with Crippen molar-refractivity contribution in [2.45, 2.75) is 51.7 Å². The Hall–Kier alpha value is -1.59. The number of carbonyl (C=O) groups is 1. The lowest BCUT2D eigenvalue weighted by Gasteiger charge is -2.35. The molecule has 1 aliphatic rings. The number of nitrogens with zero attached hydrogens (tertiary/aromatic N) is 1. The lowest BCUT2D eigenvalue weighted by Crippen LogP contribution is -2.49.